The van der Waals surface area contributed by atoms with Crippen LogP contribution in [0.1, 0.15) is 6.42 Å². The van der Waals surface area contributed by atoms with Gasteiger partial charge in [-0.25, -0.2) is 0 Å². The van der Waals surface area contributed by atoms with Gasteiger partial charge >= 0.3 is 0 Å². The molecular weight excluding hydrogens is 144 g/mol. The maximum atomic E-state index is 8.22. The van der Waals surface area contributed by atoms with Gasteiger partial charge in [0.25, 0.3) is 0 Å². The molecule has 1 N–H and O–H groups in total. The maximum Gasteiger partial charge on any atom is 0.0841 e. The van der Waals surface area contributed by atoms with Crippen molar-refractivity contribution in [2.45, 2.75) is 6.42 Å². The molecule has 0 aromatic carbocycles. The molecule has 1 unspecified atom stereocenters. The lowest BCUT2D eigenvalue weighted by Gasteiger charge is -2.05. The Morgan fingerprint density at radius 3 is 3.20 bits per heavy atom. The first-order chi connectivity index (χ1) is 4.93. The predicted octanol–water partition coefficient (Wildman–Crippen LogP) is 0.853. The van der Waals surface area contributed by atoms with Crippen LogP contribution in [0.2, 0.25) is 0 Å². The van der Waals surface area contributed by atoms with Crippen LogP contribution in [-0.2, 0) is 0 Å². The fraction of sp³-hybridized carbons (Fsp3) is 0.857. The van der Waals surface area contributed by atoms with Crippen molar-refractivity contribution >= 4 is 11.8 Å². The van der Waals surface area contributed by atoms with E-state index in [4.69, 9.17) is 5.26 Å². The zero-order chi connectivity index (χ0) is 7.23. The molecule has 0 aromatic rings. The van der Waals surface area contributed by atoms with Gasteiger partial charge in [-0.2, -0.15) is 17.0 Å². The van der Waals surface area contributed by atoms with Crippen LogP contribution in [0.3, 0.4) is 0 Å². The van der Waals surface area contributed by atoms with Gasteiger partial charge in [-0.1, -0.05) is 0 Å². The summed E-state index contributed by atoms with van der Waals surface area (Å²) in [6, 6.07) is 2.07. The van der Waals surface area contributed by atoms with Crippen molar-refractivity contribution < 1.29 is 0 Å². The van der Waals surface area contributed by atoms with Gasteiger partial charge in [0, 0.05) is 0 Å². The fourth-order valence-electron chi connectivity index (χ4n) is 1.08. The van der Waals surface area contributed by atoms with E-state index in [1.54, 1.807) is 0 Å². The Morgan fingerprint density at radius 2 is 2.60 bits per heavy atom. The van der Waals surface area contributed by atoms with Gasteiger partial charge in [0.1, 0.15) is 0 Å². The van der Waals surface area contributed by atoms with Crippen molar-refractivity contribution in [2.24, 2.45) is 5.92 Å². The van der Waals surface area contributed by atoms with Gasteiger partial charge in [0.15, 0.2) is 0 Å². The van der Waals surface area contributed by atoms with Crippen LogP contribution in [0.4, 0.5) is 0 Å². The summed E-state index contributed by atoms with van der Waals surface area (Å²) in [5, 5.41) is 11.3. The van der Waals surface area contributed by atoms with Crippen LogP contribution in [0, 0.1) is 17.2 Å². The second-order valence-electron chi connectivity index (χ2n) is 2.52. The van der Waals surface area contributed by atoms with Gasteiger partial charge in [-0.05, 0) is 30.4 Å². The molecule has 0 spiro atoms. The Hall–Kier alpha value is -0.200. The first kappa shape index (κ1) is 7.90. The smallest absolute Gasteiger partial charge is 0.0841 e. The van der Waals surface area contributed by atoms with Gasteiger partial charge < -0.3 is 5.32 Å². The lowest BCUT2D eigenvalue weighted by Crippen LogP contribution is -2.22. The predicted molar refractivity (Wildman–Crippen MR) is 43.9 cm³/mol. The van der Waals surface area contributed by atoms with Crippen molar-refractivity contribution in [2.75, 3.05) is 24.6 Å². The molecule has 0 aromatic heterocycles. The Kier molecular flexibility index (Phi) is 3.63. The first-order valence-electron chi connectivity index (χ1n) is 3.59. The highest BCUT2D eigenvalue weighted by Crippen LogP contribution is 2.22. The third kappa shape index (κ3) is 2.59. The lowest BCUT2D eigenvalue weighted by molar-refractivity contribution is 0.544. The highest BCUT2D eigenvalue weighted by molar-refractivity contribution is 7.99. The normalized spacial score (nSPS) is 24.5. The number of nitrogens with one attached hydrogen (secondary N) is 1. The molecule has 3 heteroatoms. The van der Waals surface area contributed by atoms with E-state index in [1.807, 2.05) is 11.8 Å². The third-order valence-corrected chi connectivity index (χ3v) is 2.89. The first-order valence-corrected chi connectivity index (χ1v) is 4.74. The van der Waals surface area contributed by atoms with Crippen molar-refractivity contribution in [1.82, 2.24) is 5.32 Å². The highest BCUT2D eigenvalue weighted by atomic mass is 32.2. The van der Waals surface area contributed by atoms with Crippen molar-refractivity contribution in [1.29, 1.82) is 5.26 Å². The minimum absolute atomic E-state index is 0.501. The van der Waals surface area contributed by atoms with E-state index in [9.17, 15) is 0 Å². The molecule has 1 rings (SSSR count). The highest BCUT2D eigenvalue weighted by Gasteiger charge is 2.13. The number of hydrogen-bond acceptors (Lipinski definition) is 3. The minimum Gasteiger partial charge on any atom is -0.304 e. The molecule has 0 amide bonds. The number of hydrogen-bond donors (Lipinski definition) is 1. The quantitative estimate of drug-likeness (QED) is 0.486. The van der Waals surface area contributed by atoms with Crippen molar-refractivity contribution in [3.05, 3.63) is 0 Å². The van der Waals surface area contributed by atoms with Gasteiger partial charge in [-0.3, -0.25) is 0 Å². The topological polar surface area (TPSA) is 35.8 Å². The fourth-order valence-corrected chi connectivity index (χ4v) is 2.36. The molecule has 1 aliphatic rings. The zero-order valence-corrected chi connectivity index (χ0v) is 6.78. The van der Waals surface area contributed by atoms with Gasteiger partial charge in [-0.15, -0.1) is 0 Å². The Bertz CT molecular complexity index is 124. The Balaban J connectivity index is 1.97. The van der Waals surface area contributed by atoms with E-state index in [2.05, 4.69) is 11.4 Å². The van der Waals surface area contributed by atoms with Crippen LogP contribution in [0.15, 0.2) is 0 Å². The molecule has 1 fully saturated rings. The summed E-state index contributed by atoms with van der Waals surface area (Å²) in [5.41, 5.74) is 0. The minimum atomic E-state index is 0.501. The Labute approximate surface area is 66.0 Å². The van der Waals surface area contributed by atoms with E-state index in [0.717, 1.165) is 12.5 Å². The van der Waals surface area contributed by atoms with E-state index in [1.165, 1.54) is 17.9 Å². The van der Waals surface area contributed by atoms with Crippen LogP contribution in [0.25, 0.3) is 0 Å². The molecule has 0 radical (unpaired) electrons. The Morgan fingerprint density at radius 1 is 1.70 bits per heavy atom. The largest absolute Gasteiger partial charge is 0.304 e. The van der Waals surface area contributed by atoms with E-state index < -0.39 is 0 Å². The molecule has 0 bridgehead atoms. The lowest BCUT2D eigenvalue weighted by atomic mass is 10.1. The van der Waals surface area contributed by atoms with Crippen LogP contribution in [0.5, 0.6) is 0 Å². The summed E-state index contributed by atoms with van der Waals surface area (Å²) in [6.07, 6.45) is 1.32. The average molecular weight is 156 g/mol. The molecule has 0 aliphatic carbocycles. The second kappa shape index (κ2) is 4.59. The van der Waals surface area contributed by atoms with Gasteiger partial charge in [0.2, 0.25) is 0 Å². The van der Waals surface area contributed by atoms with E-state index >= 15 is 0 Å². The summed E-state index contributed by atoms with van der Waals surface area (Å²) in [4.78, 5) is 0. The molecule has 0 saturated carbocycles. The summed E-state index contributed by atoms with van der Waals surface area (Å²) in [5.74, 6) is 3.40. The number of thioether (sulfide) groups is 1. The second-order valence-corrected chi connectivity index (χ2v) is 3.67. The van der Waals surface area contributed by atoms with Gasteiger partial charge in [0.05, 0.1) is 12.6 Å². The summed E-state index contributed by atoms with van der Waals surface area (Å²) < 4.78 is 0. The summed E-state index contributed by atoms with van der Waals surface area (Å²) in [6.45, 7) is 1.53. The van der Waals surface area contributed by atoms with E-state index in [0.29, 0.717) is 6.54 Å². The SMILES string of the molecule is N#CCNCC1CCSC1. The maximum absolute atomic E-state index is 8.22. The van der Waals surface area contributed by atoms with Crippen LogP contribution < -0.4 is 5.32 Å². The third-order valence-electron chi connectivity index (χ3n) is 1.66. The number of nitriles is 1. The average Bonchev–Trinajstić information content (AvgIpc) is 2.41. The van der Waals surface area contributed by atoms with Crippen LogP contribution >= 0.6 is 11.8 Å². The zero-order valence-electron chi connectivity index (χ0n) is 5.97. The summed E-state index contributed by atoms with van der Waals surface area (Å²) >= 11 is 2.02. The molecule has 1 aliphatic heterocycles. The van der Waals surface area contributed by atoms with E-state index in [-0.39, 0.29) is 0 Å². The molecular formula is C7H12N2S. The number of nitrogens with zero attached hydrogens (tertiary/aromatic N) is 1. The molecule has 2 nitrogen and oxygen atoms in total. The molecule has 56 valence electrons. The van der Waals surface area contributed by atoms with Crippen molar-refractivity contribution in [3.8, 4) is 6.07 Å². The molecule has 10 heavy (non-hydrogen) atoms. The van der Waals surface area contributed by atoms with Crippen molar-refractivity contribution in [3.63, 3.8) is 0 Å². The summed E-state index contributed by atoms with van der Waals surface area (Å²) in [7, 11) is 0. The monoisotopic (exact) mass is 156 g/mol. The number of rotatable bonds is 3. The molecule has 1 atom stereocenters. The standard InChI is InChI=1S/C7H12N2S/c8-2-3-9-5-7-1-4-10-6-7/h7,9H,1,3-6H2. The van der Waals surface area contributed by atoms with Crippen LogP contribution in [-0.4, -0.2) is 24.6 Å². The molecule has 1 saturated heterocycles. The molecule has 1 heterocycles.